The van der Waals surface area contributed by atoms with Crippen LogP contribution >= 0.6 is 0 Å². The van der Waals surface area contributed by atoms with Gasteiger partial charge in [-0.05, 0) is 39.8 Å². The van der Waals surface area contributed by atoms with Crippen LogP contribution in [0.25, 0.3) is 0 Å². The smallest absolute Gasteiger partial charge is 0.0671 e. The van der Waals surface area contributed by atoms with Crippen LogP contribution in [0.3, 0.4) is 0 Å². The third-order valence-electron chi connectivity index (χ3n) is 2.37. The fourth-order valence-electron chi connectivity index (χ4n) is 1.34. The summed E-state index contributed by atoms with van der Waals surface area (Å²) in [4.78, 5) is 0. The molecule has 0 aliphatic rings. The van der Waals surface area contributed by atoms with E-state index in [2.05, 4.69) is 19.2 Å². The lowest BCUT2D eigenvalue weighted by atomic mass is 10.3. The summed E-state index contributed by atoms with van der Waals surface area (Å²) in [5.41, 5.74) is 10.8. The lowest BCUT2D eigenvalue weighted by molar-refractivity contribution is 0.0484. The summed E-state index contributed by atoms with van der Waals surface area (Å²) < 4.78 is 11.1. The maximum Gasteiger partial charge on any atom is 0.0671 e. The molecule has 17 heavy (non-hydrogen) atoms. The average Bonchev–Trinajstić information content (AvgIpc) is 2.30. The van der Waals surface area contributed by atoms with Crippen molar-refractivity contribution in [1.29, 1.82) is 0 Å². The Hall–Kier alpha value is -0.200. The Balaban J connectivity index is 3.29. The summed E-state index contributed by atoms with van der Waals surface area (Å²) in [6.07, 6.45) is 2.28. The van der Waals surface area contributed by atoms with Crippen LogP contribution in [-0.2, 0) is 9.47 Å². The largest absolute Gasteiger partial charge is 0.377 e. The molecule has 0 bridgehead atoms. The van der Waals surface area contributed by atoms with E-state index in [9.17, 15) is 0 Å². The van der Waals surface area contributed by atoms with Crippen molar-refractivity contribution in [2.75, 3.05) is 39.4 Å². The van der Waals surface area contributed by atoms with E-state index in [0.29, 0.717) is 13.1 Å². The van der Waals surface area contributed by atoms with Gasteiger partial charge >= 0.3 is 0 Å². The number of hydrogen-bond donors (Lipinski definition) is 3. The Labute approximate surface area is 105 Å². The van der Waals surface area contributed by atoms with Crippen molar-refractivity contribution in [3.05, 3.63) is 0 Å². The van der Waals surface area contributed by atoms with Crippen LogP contribution in [0.4, 0.5) is 0 Å². The maximum atomic E-state index is 5.56. The zero-order chi connectivity index (χ0) is 12.9. The van der Waals surface area contributed by atoms with Crippen molar-refractivity contribution < 1.29 is 9.47 Å². The van der Waals surface area contributed by atoms with Crippen LogP contribution in [0.5, 0.6) is 0 Å². The molecule has 0 aromatic carbocycles. The normalized spacial score (nSPS) is 14.8. The van der Waals surface area contributed by atoms with Gasteiger partial charge in [0.1, 0.15) is 0 Å². The summed E-state index contributed by atoms with van der Waals surface area (Å²) in [6, 6.07) is 0. The summed E-state index contributed by atoms with van der Waals surface area (Å²) in [6.45, 7) is 8.65. The Morgan fingerprint density at radius 2 is 1.29 bits per heavy atom. The van der Waals surface area contributed by atoms with Gasteiger partial charge in [0.05, 0.1) is 12.2 Å². The van der Waals surface area contributed by atoms with Gasteiger partial charge in [-0.15, -0.1) is 0 Å². The van der Waals surface area contributed by atoms with E-state index in [1.54, 1.807) is 0 Å². The summed E-state index contributed by atoms with van der Waals surface area (Å²) >= 11 is 0. The highest BCUT2D eigenvalue weighted by atomic mass is 16.5. The summed E-state index contributed by atoms with van der Waals surface area (Å²) in [7, 11) is 0. The van der Waals surface area contributed by atoms with Gasteiger partial charge in [0.2, 0.25) is 0 Å². The van der Waals surface area contributed by atoms with Crippen molar-refractivity contribution in [1.82, 2.24) is 5.32 Å². The molecule has 0 fully saturated rings. The molecule has 0 aliphatic carbocycles. The minimum absolute atomic E-state index is 0.220. The van der Waals surface area contributed by atoms with E-state index in [4.69, 9.17) is 20.9 Å². The van der Waals surface area contributed by atoms with E-state index in [1.165, 1.54) is 0 Å². The molecular formula is C12H29N3O2. The molecule has 0 aromatic heterocycles. The van der Waals surface area contributed by atoms with Gasteiger partial charge in [0.25, 0.3) is 0 Å². The molecule has 5 heteroatoms. The maximum absolute atomic E-state index is 5.56. The standard InChI is InChI=1S/C12H29N3O2/c1-11(16-7-3-5-13)9-15-10-12(2)17-8-4-6-14/h11-12,15H,3-10,13-14H2,1-2H3. The van der Waals surface area contributed by atoms with E-state index < -0.39 is 0 Å². The summed E-state index contributed by atoms with van der Waals surface area (Å²) in [5.74, 6) is 0. The molecule has 5 N–H and O–H groups in total. The molecule has 0 rings (SSSR count). The molecule has 0 radical (unpaired) electrons. The fraction of sp³-hybridized carbons (Fsp3) is 1.00. The average molecular weight is 247 g/mol. The van der Waals surface area contributed by atoms with Crippen molar-refractivity contribution in [3.8, 4) is 0 Å². The Morgan fingerprint density at radius 3 is 1.65 bits per heavy atom. The third-order valence-corrected chi connectivity index (χ3v) is 2.37. The van der Waals surface area contributed by atoms with Crippen molar-refractivity contribution in [3.63, 3.8) is 0 Å². The topological polar surface area (TPSA) is 82.5 Å². The fourth-order valence-corrected chi connectivity index (χ4v) is 1.34. The molecule has 0 aromatic rings. The minimum atomic E-state index is 0.220. The Bertz CT molecular complexity index is 143. The van der Waals surface area contributed by atoms with Crippen molar-refractivity contribution in [2.45, 2.75) is 38.9 Å². The van der Waals surface area contributed by atoms with Crippen LogP contribution in [0, 0.1) is 0 Å². The monoisotopic (exact) mass is 247 g/mol. The van der Waals surface area contributed by atoms with Crippen molar-refractivity contribution in [2.24, 2.45) is 11.5 Å². The quantitative estimate of drug-likeness (QED) is 0.426. The van der Waals surface area contributed by atoms with E-state index >= 15 is 0 Å². The van der Waals surface area contributed by atoms with E-state index in [0.717, 1.165) is 39.1 Å². The third kappa shape index (κ3) is 12.1. The summed E-state index contributed by atoms with van der Waals surface area (Å²) in [5, 5.41) is 3.33. The molecule has 0 saturated heterocycles. The minimum Gasteiger partial charge on any atom is -0.377 e. The van der Waals surface area contributed by atoms with Crippen LogP contribution in [0.2, 0.25) is 0 Å². The first-order valence-corrected chi connectivity index (χ1v) is 6.54. The van der Waals surface area contributed by atoms with Gasteiger partial charge in [-0.2, -0.15) is 0 Å². The SMILES string of the molecule is CC(CNCC(C)OCCCN)OCCCN. The van der Waals surface area contributed by atoms with Gasteiger partial charge in [-0.25, -0.2) is 0 Å². The van der Waals surface area contributed by atoms with Gasteiger partial charge in [-0.3, -0.25) is 0 Å². The molecule has 0 amide bonds. The second kappa shape index (κ2) is 12.3. The Morgan fingerprint density at radius 1 is 0.882 bits per heavy atom. The number of ether oxygens (including phenoxy) is 2. The van der Waals surface area contributed by atoms with E-state index in [-0.39, 0.29) is 12.2 Å². The Kier molecular flexibility index (Phi) is 12.1. The molecule has 0 heterocycles. The molecule has 5 nitrogen and oxygen atoms in total. The number of hydrogen-bond acceptors (Lipinski definition) is 5. The first-order chi connectivity index (χ1) is 8.20. The van der Waals surface area contributed by atoms with Crippen LogP contribution in [0.1, 0.15) is 26.7 Å². The van der Waals surface area contributed by atoms with Crippen molar-refractivity contribution >= 4 is 0 Å². The molecular weight excluding hydrogens is 218 g/mol. The van der Waals surface area contributed by atoms with Crippen LogP contribution < -0.4 is 16.8 Å². The predicted octanol–water partition coefficient (Wildman–Crippen LogP) is 0.0838. The van der Waals surface area contributed by atoms with Gasteiger partial charge in [0.15, 0.2) is 0 Å². The predicted molar refractivity (Wildman–Crippen MR) is 71.0 cm³/mol. The first-order valence-electron chi connectivity index (χ1n) is 6.54. The lowest BCUT2D eigenvalue weighted by Gasteiger charge is -2.17. The van der Waals surface area contributed by atoms with Gasteiger partial charge < -0.3 is 26.3 Å². The number of rotatable bonds is 12. The van der Waals surface area contributed by atoms with E-state index in [1.807, 2.05) is 0 Å². The number of nitrogens with one attached hydrogen (secondary N) is 1. The second-order valence-electron chi connectivity index (χ2n) is 4.31. The molecule has 2 atom stereocenters. The highest BCUT2D eigenvalue weighted by Gasteiger charge is 2.04. The van der Waals surface area contributed by atoms with Gasteiger partial charge in [-0.1, -0.05) is 0 Å². The molecule has 0 spiro atoms. The highest BCUT2D eigenvalue weighted by molar-refractivity contribution is 4.60. The van der Waals surface area contributed by atoms with Crippen LogP contribution in [-0.4, -0.2) is 51.6 Å². The first kappa shape index (κ1) is 16.8. The molecule has 104 valence electrons. The molecule has 0 saturated carbocycles. The van der Waals surface area contributed by atoms with Gasteiger partial charge in [0, 0.05) is 26.3 Å². The lowest BCUT2D eigenvalue weighted by Crippen LogP contribution is -2.33. The molecule has 0 aliphatic heterocycles. The molecule has 2 unspecified atom stereocenters. The van der Waals surface area contributed by atoms with Crippen LogP contribution in [0.15, 0.2) is 0 Å². The zero-order valence-electron chi connectivity index (χ0n) is 11.3. The number of nitrogens with two attached hydrogens (primary N) is 2. The second-order valence-corrected chi connectivity index (χ2v) is 4.31. The zero-order valence-corrected chi connectivity index (χ0v) is 11.3. The highest BCUT2D eigenvalue weighted by Crippen LogP contribution is 1.93.